The predicted molar refractivity (Wildman–Crippen MR) is 156 cm³/mol. The van der Waals surface area contributed by atoms with Gasteiger partial charge in [-0.05, 0) is 54.8 Å². The lowest BCUT2D eigenvalue weighted by molar-refractivity contribution is -0.123. The lowest BCUT2D eigenvalue weighted by Crippen LogP contribution is -2.48. The molecule has 3 aromatic carbocycles. The van der Waals surface area contributed by atoms with Gasteiger partial charge in [0.25, 0.3) is 11.8 Å². The monoisotopic (exact) mass is 568 g/mol. The number of rotatable bonds is 8. The molecular weight excluding hydrogens is 543 g/mol. The van der Waals surface area contributed by atoms with Crippen LogP contribution in [-0.4, -0.2) is 28.6 Å². The third-order valence-electron chi connectivity index (χ3n) is 6.31. The summed E-state index contributed by atoms with van der Waals surface area (Å²) in [4.78, 5) is 25.7. The number of benzene rings is 3. The molecule has 0 bridgehead atoms. The standard InChI is InChI=1S/C29H27Cl3N4O2/c1-17(2)27(34-28(37)19-7-6-8-21(30)13-19)29(38)35-33-15-24-18(3)36(26-10-5-4-9-23(24)26)16-20-11-12-22(31)14-25(20)32/h4-15,17,27H,16H2,1-3H3,(H,34,37)(H,35,38). The minimum Gasteiger partial charge on any atom is -0.340 e. The Balaban J connectivity index is 1.54. The number of hydrogen-bond donors (Lipinski definition) is 2. The molecule has 1 unspecified atom stereocenters. The highest BCUT2D eigenvalue weighted by molar-refractivity contribution is 6.35. The Morgan fingerprint density at radius 1 is 0.974 bits per heavy atom. The smallest absolute Gasteiger partial charge is 0.262 e. The molecule has 1 heterocycles. The maximum Gasteiger partial charge on any atom is 0.262 e. The number of hydrogen-bond acceptors (Lipinski definition) is 3. The van der Waals surface area contributed by atoms with Crippen molar-refractivity contribution in [3.05, 3.63) is 104 Å². The van der Waals surface area contributed by atoms with Crippen molar-refractivity contribution in [2.24, 2.45) is 11.0 Å². The highest BCUT2D eigenvalue weighted by Crippen LogP contribution is 2.28. The van der Waals surface area contributed by atoms with Gasteiger partial charge in [-0.25, -0.2) is 5.43 Å². The largest absolute Gasteiger partial charge is 0.340 e. The lowest BCUT2D eigenvalue weighted by atomic mass is 10.0. The van der Waals surface area contributed by atoms with Gasteiger partial charge in [0.1, 0.15) is 6.04 Å². The van der Waals surface area contributed by atoms with Crippen molar-refractivity contribution in [1.29, 1.82) is 0 Å². The van der Waals surface area contributed by atoms with E-state index in [-0.39, 0.29) is 11.8 Å². The van der Waals surface area contributed by atoms with Crippen molar-refractivity contribution in [2.45, 2.75) is 33.4 Å². The van der Waals surface area contributed by atoms with Crippen molar-refractivity contribution in [3.63, 3.8) is 0 Å². The Bertz CT molecular complexity index is 1530. The number of para-hydroxylation sites is 1. The second-order valence-corrected chi connectivity index (χ2v) is 10.6. The molecule has 9 heteroatoms. The zero-order chi connectivity index (χ0) is 27.4. The lowest BCUT2D eigenvalue weighted by Gasteiger charge is -2.20. The summed E-state index contributed by atoms with van der Waals surface area (Å²) in [6, 6.07) is 19.2. The fourth-order valence-electron chi connectivity index (χ4n) is 4.26. The minimum atomic E-state index is -0.784. The van der Waals surface area contributed by atoms with E-state index in [2.05, 4.69) is 20.4 Å². The Labute approximate surface area is 236 Å². The normalized spacial score (nSPS) is 12.3. The Morgan fingerprint density at radius 2 is 1.71 bits per heavy atom. The maximum atomic E-state index is 13.0. The number of amides is 2. The number of carbonyl (C=O) groups is 2. The molecule has 38 heavy (non-hydrogen) atoms. The van der Waals surface area contributed by atoms with Crippen LogP contribution in [-0.2, 0) is 11.3 Å². The third kappa shape index (κ3) is 6.21. The zero-order valence-corrected chi connectivity index (χ0v) is 23.4. The molecule has 0 saturated heterocycles. The molecule has 0 saturated carbocycles. The summed E-state index contributed by atoms with van der Waals surface area (Å²) in [7, 11) is 0. The number of nitrogens with one attached hydrogen (secondary N) is 2. The first-order chi connectivity index (χ1) is 18.2. The number of carbonyl (C=O) groups excluding carboxylic acids is 2. The molecule has 4 rings (SSSR count). The summed E-state index contributed by atoms with van der Waals surface area (Å²) in [5.41, 5.74) is 6.75. The summed E-state index contributed by atoms with van der Waals surface area (Å²) in [5.74, 6) is -0.966. The van der Waals surface area contributed by atoms with Crippen LogP contribution < -0.4 is 10.7 Å². The molecular formula is C29H27Cl3N4O2. The van der Waals surface area contributed by atoms with E-state index in [0.29, 0.717) is 27.2 Å². The van der Waals surface area contributed by atoms with Gasteiger partial charge in [-0.15, -0.1) is 0 Å². The van der Waals surface area contributed by atoms with Crippen LogP contribution in [0.1, 0.15) is 41.0 Å². The number of hydrazone groups is 1. The number of nitrogens with zero attached hydrogens (tertiary/aromatic N) is 2. The van der Waals surface area contributed by atoms with E-state index < -0.39 is 11.9 Å². The van der Waals surface area contributed by atoms with Gasteiger partial charge in [0.2, 0.25) is 0 Å². The van der Waals surface area contributed by atoms with Crippen molar-refractivity contribution in [1.82, 2.24) is 15.3 Å². The van der Waals surface area contributed by atoms with Crippen LogP contribution in [0.15, 0.2) is 71.8 Å². The average Bonchev–Trinajstić information content (AvgIpc) is 3.14. The van der Waals surface area contributed by atoms with E-state index in [9.17, 15) is 9.59 Å². The van der Waals surface area contributed by atoms with Gasteiger partial charge in [-0.3, -0.25) is 9.59 Å². The van der Waals surface area contributed by atoms with Gasteiger partial charge in [0.05, 0.1) is 6.21 Å². The second-order valence-electron chi connectivity index (χ2n) is 9.28. The van der Waals surface area contributed by atoms with Crippen LogP contribution in [0.4, 0.5) is 0 Å². The maximum absolute atomic E-state index is 13.0. The van der Waals surface area contributed by atoms with Crippen molar-refractivity contribution in [2.75, 3.05) is 0 Å². The molecule has 0 aliphatic rings. The first kappa shape index (κ1) is 27.7. The van der Waals surface area contributed by atoms with Crippen LogP contribution in [0.25, 0.3) is 10.9 Å². The van der Waals surface area contributed by atoms with Crippen LogP contribution in [0.2, 0.25) is 15.1 Å². The van der Waals surface area contributed by atoms with Crippen molar-refractivity contribution < 1.29 is 9.59 Å². The SMILES string of the molecule is Cc1c(C=NNC(=O)C(NC(=O)c2cccc(Cl)c2)C(C)C)c2ccccc2n1Cc1ccc(Cl)cc1Cl. The van der Waals surface area contributed by atoms with E-state index in [0.717, 1.165) is 27.7 Å². The Morgan fingerprint density at radius 3 is 2.42 bits per heavy atom. The molecule has 2 N–H and O–H groups in total. The van der Waals surface area contributed by atoms with E-state index in [1.54, 1.807) is 36.5 Å². The first-order valence-electron chi connectivity index (χ1n) is 12.1. The molecule has 0 radical (unpaired) electrons. The highest BCUT2D eigenvalue weighted by atomic mass is 35.5. The number of fused-ring (bicyclic) bond motifs is 1. The summed E-state index contributed by atoms with van der Waals surface area (Å²) in [6.07, 6.45) is 1.63. The predicted octanol–water partition coefficient (Wildman–Crippen LogP) is 6.86. The average molecular weight is 570 g/mol. The summed E-state index contributed by atoms with van der Waals surface area (Å²) >= 11 is 18.5. The van der Waals surface area contributed by atoms with Gasteiger partial charge in [-0.2, -0.15) is 5.10 Å². The van der Waals surface area contributed by atoms with Crippen molar-refractivity contribution in [3.8, 4) is 0 Å². The van der Waals surface area contributed by atoms with E-state index in [1.165, 1.54) is 0 Å². The van der Waals surface area contributed by atoms with E-state index in [1.807, 2.05) is 57.2 Å². The second kappa shape index (κ2) is 12.0. The minimum absolute atomic E-state index is 0.166. The molecule has 0 spiro atoms. The molecule has 6 nitrogen and oxygen atoms in total. The molecule has 1 atom stereocenters. The Kier molecular flexibility index (Phi) is 8.77. The first-order valence-corrected chi connectivity index (χ1v) is 13.2. The molecule has 196 valence electrons. The molecule has 2 amide bonds. The third-order valence-corrected chi connectivity index (χ3v) is 7.14. The number of halogens is 3. The molecule has 4 aromatic rings. The fourth-order valence-corrected chi connectivity index (χ4v) is 4.92. The molecule has 0 fully saturated rings. The van der Waals surface area contributed by atoms with Crippen molar-refractivity contribution >= 4 is 63.7 Å². The van der Waals surface area contributed by atoms with Gasteiger partial charge in [0, 0.05) is 49.3 Å². The summed E-state index contributed by atoms with van der Waals surface area (Å²) in [6.45, 7) is 6.25. The molecule has 0 aliphatic carbocycles. The van der Waals surface area contributed by atoms with Crippen LogP contribution in [0.3, 0.4) is 0 Å². The van der Waals surface area contributed by atoms with E-state index >= 15 is 0 Å². The van der Waals surface area contributed by atoms with Gasteiger partial charge in [-0.1, -0.05) is 79.0 Å². The van der Waals surface area contributed by atoms with Crippen LogP contribution >= 0.6 is 34.8 Å². The quantitative estimate of drug-likeness (QED) is 0.180. The van der Waals surface area contributed by atoms with E-state index in [4.69, 9.17) is 34.8 Å². The Hall–Kier alpha value is -3.32. The van der Waals surface area contributed by atoms with Gasteiger partial charge < -0.3 is 9.88 Å². The number of aromatic nitrogens is 1. The molecule has 1 aromatic heterocycles. The van der Waals surface area contributed by atoms with Gasteiger partial charge in [0.15, 0.2) is 0 Å². The van der Waals surface area contributed by atoms with Crippen LogP contribution in [0.5, 0.6) is 0 Å². The highest BCUT2D eigenvalue weighted by Gasteiger charge is 2.25. The zero-order valence-electron chi connectivity index (χ0n) is 21.1. The summed E-state index contributed by atoms with van der Waals surface area (Å²) < 4.78 is 2.15. The fraction of sp³-hybridized carbons (Fsp3) is 0.207. The molecule has 0 aliphatic heterocycles. The van der Waals surface area contributed by atoms with Crippen LogP contribution in [0, 0.1) is 12.8 Å². The summed E-state index contributed by atoms with van der Waals surface area (Å²) in [5, 5.41) is 9.64. The topological polar surface area (TPSA) is 75.5 Å². The van der Waals surface area contributed by atoms with Gasteiger partial charge >= 0.3 is 0 Å².